The van der Waals surface area contributed by atoms with Gasteiger partial charge in [-0.1, -0.05) is 17.7 Å². The summed E-state index contributed by atoms with van der Waals surface area (Å²) in [6.45, 7) is 6.00. The first-order chi connectivity index (χ1) is 12.5. The van der Waals surface area contributed by atoms with Crippen LogP contribution in [0, 0.1) is 32.1 Å². The molecule has 1 amide bonds. The minimum Gasteiger partial charge on any atom is -0.318 e. The molecule has 0 saturated carbocycles. The third-order valence-corrected chi connectivity index (χ3v) is 4.08. The zero-order chi connectivity index (χ0) is 18.7. The maximum absolute atomic E-state index is 12.3. The molecule has 0 fully saturated rings. The Morgan fingerprint density at radius 2 is 1.81 bits per heavy atom. The molecule has 0 saturated heterocycles. The van der Waals surface area contributed by atoms with Crippen LogP contribution in [0.2, 0.25) is 0 Å². The predicted octanol–water partition coefficient (Wildman–Crippen LogP) is 2.67. The molecule has 130 valence electrons. The highest BCUT2D eigenvalue weighted by Crippen LogP contribution is 2.23. The SMILES string of the molecule is Cc1ccc(-n2c(C)cc(/C=C(\C#N)C(=O)Nn3cnnc3)c2C)cc1. The van der Waals surface area contributed by atoms with Crippen LogP contribution in [0.3, 0.4) is 0 Å². The van der Waals surface area contributed by atoms with Gasteiger partial charge in [-0.25, -0.2) is 4.68 Å². The second-order valence-corrected chi connectivity index (χ2v) is 5.98. The van der Waals surface area contributed by atoms with Crippen LogP contribution in [-0.2, 0) is 4.79 Å². The molecule has 0 unspecified atom stereocenters. The summed E-state index contributed by atoms with van der Waals surface area (Å²) in [5.74, 6) is -0.521. The third-order valence-electron chi connectivity index (χ3n) is 4.08. The Kier molecular flexibility index (Phi) is 4.67. The van der Waals surface area contributed by atoms with Gasteiger partial charge < -0.3 is 4.57 Å². The van der Waals surface area contributed by atoms with Crippen LogP contribution in [0.5, 0.6) is 0 Å². The standard InChI is InChI=1S/C19H18N6O/c1-13-4-6-18(7-5-13)25-14(2)8-16(15(25)3)9-17(10-20)19(26)23-24-11-21-22-12-24/h4-9,11-12H,1-3H3,(H,23,26)/b17-9+. The molecule has 7 nitrogen and oxygen atoms in total. The van der Waals surface area contributed by atoms with Crippen molar-refractivity contribution in [3.05, 3.63) is 71.1 Å². The Morgan fingerprint density at radius 3 is 2.42 bits per heavy atom. The maximum Gasteiger partial charge on any atom is 0.280 e. The average molecular weight is 346 g/mol. The lowest BCUT2D eigenvalue weighted by Crippen LogP contribution is -2.22. The van der Waals surface area contributed by atoms with Gasteiger partial charge in [0.25, 0.3) is 5.91 Å². The zero-order valence-electron chi connectivity index (χ0n) is 14.8. The number of hydrogen-bond donors (Lipinski definition) is 1. The summed E-state index contributed by atoms with van der Waals surface area (Å²) in [7, 11) is 0. The number of benzene rings is 1. The molecule has 0 spiro atoms. The second-order valence-electron chi connectivity index (χ2n) is 5.98. The maximum atomic E-state index is 12.3. The van der Waals surface area contributed by atoms with E-state index in [4.69, 9.17) is 0 Å². The van der Waals surface area contributed by atoms with Crippen molar-refractivity contribution in [2.24, 2.45) is 0 Å². The Hall–Kier alpha value is -3.66. The van der Waals surface area contributed by atoms with Crippen molar-refractivity contribution in [3.8, 4) is 11.8 Å². The van der Waals surface area contributed by atoms with Crippen molar-refractivity contribution in [1.82, 2.24) is 19.4 Å². The van der Waals surface area contributed by atoms with Crippen LogP contribution in [0.25, 0.3) is 11.8 Å². The van der Waals surface area contributed by atoms with Gasteiger partial charge in [-0.2, -0.15) is 5.26 Å². The summed E-state index contributed by atoms with van der Waals surface area (Å²) < 4.78 is 3.39. The van der Waals surface area contributed by atoms with Gasteiger partial charge in [0, 0.05) is 17.1 Å². The lowest BCUT2D eigenvalue weighted by molar-refractivity contribution is -0.113. The third kappa shape index (κ3) is 3.39. The van der Waals surface area contributed by atoms with Crippen molar-refractivity contribution in [3.63, 3.8) is 0 Å². The van der Waals surface area contributed by atoms with Crippen LogP contribution >= 0.6 is 0 Å². The van der Waals surface area contributed by atoms with Gasteiger partial charge in [-0.3, -0.25) is 10.2 Å². The molecule has 0 aliphatic heterocycles. The molecular formula is C19H18N6O. The van der Waals surface area contributed by atoms with E-state index in [-0.39, 0.29) is 5.57 Å². The van der Waals surface area contributed by atoms with Gasteiger partial charge in [0.15, 0.2) is 0 Å². The van der Waals surface area contributed by atoms with Crippen molar-refractivity contribution in [2.45, 2.75) is 20.8 Å². The number of aromatic nitrogens is 4. The van der Waals surface area contributed by atoms with E-state index in [0.717, 1.165) is 22.6 Å². The van der Waals surface area contributed by atoms with Crippen molar-refractivity contribution >= 4 is 12.0 Å². The summed E-state index contributed by atoms with van der Waals surface area (Å²) in [5.41, 5.74) is 7.55. The number of nitrogens with zero attached hydrogens (tertiary/aromatic N) is 5. The van der Waals surface area contributed by atoms with Crippen molar-refractivity contribution in [2.75, 3.05) is 5.43 Å². The van der Waals surface area contributed by atoms with Gasteiger partial charge in [-0.05, 0) is 50.6 Å². The molecule has 3 aromatic rings. The first-order valence-corrected chi connectivity index (χ1v) is 8.03. The highest BCUT2D eigenvalue weighted by molar-refractivity contribution is 6.06. The monoisotopic (exact) mass is 346 g/mol. The van der Waals surface area contributed by atoms with Gasteiger partial charge in [0.1, 0.15) is 24.3 Å². The van der Waals surface area contributed by atoms with Gasteiger partial charge >= 0.3 is 0 Å². The summed E-state index contributed by atoms with van der Waals surface area (Å²) in [6.07, 6.45) is 4.28. The van der Waals surface area contributed by atoms with Crippen LogP contribution in [-0.4, -0.2) is 25.3 Å². The molecule has 0 radical (unpaired) electrons. The Morgan fingerprint density at radius 1 is 1.15 bits per heavy atom. The molecule has 26 heavy (non-hydrogen) atoms. The molecule has 0 atom stereocenters. The highest BCUT2D eigenvalue weighted by atomic mass is 16.2. The fraction of sp³-hybridized carbons (Fsp3) is 0.158. The van der Waals surface area contributed by atoms with E-state index in [1.807, 2.05) is 45.0 Å². The zero-order valence-corrected chi connectivity index (χ0v) is 14.8. The molecule has 3 rings (SSSR count). The van der Waals surface area contributed by atoms with Gasteiger partial charge in [0.05, 0.1) is 0 Å². The number of hydrogen-bond acceptors (Lipinski definition) is 4. The Balaban J connectivity index is 1.94. The quantitative estimate of drug-likeness (QED) is 0.581. The van der Waals surface area contributed by atoms with Crippen LogP contribution in [0.1, 0.15) is 22.5 Å². The number of nitrogens with one attached hydrogen (secondary N) is 1. The van der Waals surface area contributed by atoms with E-state index in [0.29, 0.717) is 0 Å². The molecular weight excluding hydrogens is 328 g/mol. The number of carbonyl (C=O) groups is 1. The number of amides is 1. The molecule has 0 bridgehead atoms. The van der Waals surface area contributed by atoms with E-state index in [1.54, 1.807) is 6.08 Å². The average Bonchev–Trinajstić information content (AvgIpc) is 3.22. The number of carbonyl (C=O) groups excluding carboxylic acids is 1. The smallest absolute Gasteiger partial charge is 0.280 e. The number of nitriles is 1. The van der Waals surface area contributed by atoms with E-state index < -0.39 is 5.91 Å². The van der Waals surface area contributed by atoms with Crippen LogP contribution in [0.4, 0.5) is 0 Å². The molecule has 7 heteroatoms. The van der Waals surface area contributed by atoms with Crippen LogP contribution < -0.4 is 5.43 Å². The van der Waals surface area contributed by atoms with E-state index >= 15 is 0 Å². The minimum atomic E-state index is -0.521. The molecule has 2 heterocycles. The number of rotatable bonds is 4. The van der Waals surface area contributed by atoms with Gasteiger partial charge in [0.2, 0.25) is 0 Å². The fourth-order valence-corrected chi connectivity index (χ4v) is 2.76. The predicted molar refractivity (Wildman–Crippen MR) is 98.0 cm³/mol. The summed E-state index contributed by atoms with van der Waals surface area (Å²) >= 11 is 0. The first-order valence-electron chi connectivity index (χ1n) is 8.03. The van der Waals surface area contributed by atoms with Crippen LogP contribution in [0.15, 0.2) is 48.6 Å². The molecule has 0 aliphatic rings. The van der Waals surface area contributed by atoms with Gasteiger partial charge in [-0.15, -0.1) is 10.2 Å². The summed E-state index contributed by atoms with van der Waals surface area (Å²) in [4.78, 5) is 12.3. The Bertz CT molecular complexity index is 1000. The number of aryl methyl sites for hydroxylation is 2. The van der Waals surface area contributed by atoms with E-state index in [1.165, 1.54) is 22.9 Å². The molecule has 1 N–H and O–H groups in total. The normalized spacial score (nSPS) is 11.2. The summed E-state index contributed by atoms with van der Waals surface area (Å²) in [6, 6.07) is 12.1. The fourth-order valence-electron chi connectivity index (χ4n) is 2.76. The lowest BCUT2D eigenvalue weighted by atomic mass is 10.1. The van der Waals surface area contributed by atoms with E-state index in [2.05, 4.69) is 32.3 Å². The minimum absolute atomic E-state index is 0.00264. The lowest BCUT2D eigenvalue weighted by Gasteiger charge is -2.10. The molecule has 0 aliphatic carbocycles. The van der Waals surface area contributed by atoms with E-state index in [9.17, 15) is 10.1 Å². The van der Waals surface area contributed by atoms with Crippen molar-refractivity contribution < 1.29 is 4.79 Å². The summed E-state index contributed by atoms with van der Waals surface area (Å²) in [5, 5.41) is 16.6. The highest BCUT2D eigenvalue weighted by Gasteiger charge is 2.14. The first kappa shape index (κ1) is 17.2. The molecule has 1 aromatic carbocycles. The topological polar surface area (TPSA) is 88.5 Å². The Labute approximate surface area is 151 Å². The molecule has 2 aromatic heterocycles. The van der Waals surface area contributed by atoms with Crippen molar-refractivity contribution in [1.29, 1.82) is 5.26 Å². The largest absolute Gasteiger partial charge is 0.318 e. The second kappa shape index (κ2) is 7.07.